The number of pyridine rings is 1. The van der Waals surface area contributed by atoms with Crippen LogP contribution in [0.3, 0.4) is 0 Å². The molecule has 0 fully saturated rings. The van der Waals surface area contributed by atoms with Gasteiger partial charge in [-0.25, -0.2) is 4.98 Å². The number of aromatic nitrogens is 1. The molecule has 0 spiro atoms. The molecule has 0 unspecified atom stereocenters. The monoisotopic (exact) mass is 182 g/mol. The third-order valence-electron chi connectivity index (χ3n) is 1.76. The van der Waals surface area contributed by atoms with Gasteiger partial charge in [-0.2, -0.15) is 0 Å². The molecule has 0 saturated heterocycles. The van der Waals surface area contributed by atoms with E-state index in [0.29, 0.717) is 10.9 Å². The van der Waals surface area contributed by atoms with Gasteiger partial charge in [0, 0.05) is 17.5 Å². The van der Waals surface area contributed by atoms with E-state index in [1.54, 1.807) is 12.3 Å². The van der Waals surface area contributed by atoms with E-state index in [4.69, 9.17) is 17.0 Å². The first kappa shape index (κ1) is 9.20. The third kappa shape index (κ3) is 1.83. The fourth-order valence-electron chi connectivity index (χ4n) is 1.03. The highest BCUT2D eigenvalue weighted by atomic mass is 35.5. The Morgan fingerprint density at radius 3 is 2.83 bits per heavy atom. The molecular weight excluding hydrogens is 172 g/mol. The molecule has 64 valence electrons. The summed E-state index contributed by atoms with van der Waals surface area (Å²) >= 11 is 5.68. The van der Waals surface area contributed by atoms with Crippen LogP contribution in [0.2, 0.25) is 5.15 Å². The lowest BCUT2D eigenvalue weighted by Gasteiger charge is -2.04. The number of nitrogens with zero attached hydrogens (tertiary/aromatic N) is 1. The predicted molar refractivity (Wildman–Crippen MR) is 51.1 cm³/mol. The van der Waals surface area contributed by atoms with Crippen LogP contribution in [0.1, 0.15) is 24.5 Å². The second-order valence-electron chi connectivity index (χ2n) is 2.65. The van der Waals surface area contributed by atoms with Crippen molar-refractivity contribution in [2.45, 2.75) is 20.3 Å². The van der Waals surface area contributed by atoms with Gasteiger partial charge in [0.15, 0.2) is 0 Å². The van der Waals surface area contributed by atoms with Crippen molar-refractivity contribution in [3.63, 3.8) is 0 Å². The Hall–Kier alpha value is -0.890. The Morgan fingerprint density at radius 2 is 2.33 bits per heavy atom. The lowest BCUT2D eigenvalue weighted by Crippen LogP contribution is -2.00. The smallest absolute Gasteiger partial charge is 0.129 e. The van der Waals surface area contributed by atoms with E-state index in [-0.39, 0.29) is 0 Å². The number of halogens is 1. The molecule has 0 bridgehead atoms. The van der Waals surface area contributed by atoms with Gasteiger partial charge < -0.3 is 5.41 Å². The molecule has 0 aliphatic rings. The van der Waals surface area contributed by atoms with Gasteiger partial charge in [-0.15, -0.1) is 0 Å². The van der Waals surface area contributed by atoms with Crippen molar-refractivity contribution in [1.82, 2.24) is 4.98 Å². The number of hydrogen-bond donors (Lipinski definition) is 1. The quantitative estimate of drug-likeness (QED) is 0.554. The minimum atomic E-state index is 0.486. The first-order valence-electron chi connectivity index (χ1n) is 3.85. The second kappa shape index (κ2) is 3.68. The molecule has 1 aromatic rings. The Bertz CT molecular complexity index is 307. The summed E-state index contributed by atoms with van der Waals surface area (Å²) in [4.78, 5) is 3.93. The van der Waals surface area contributed by atoms with Crippen molar-refractivity contribution in [2.75, 3.05) is 0 Å². The molecule has 1 heterocycles. The van der Waals surface area contributed by atoms with Crippen LogP contribution < -0.4 is 0 Å². The molecule has 2 nitrogen and oxygen atoms in total. The summed E-state index contributed by atoms with van der Waals surface area (Å²) < 4.78 is 0. The van der Waals surface area contributed by atoms with Crippen molar-refractivity contribution >= 4 is 17.3 Å². The van der Waals surface area contributed by atoms with E-state index in [2.05, 4.69) is 4.98 Å². The zero-order valence-electron chi connectivity index (χ0n) is 7.19. The number of rotatable bonds is 2. The Balaban J connectivity index is 3.09. The maximum atomic E-state index is 7.61. The molecule has 0 radical (unpaired) electrons. The molecule has 12 heavy (non-hydrogen) atoms. The van der Waals surface area contributed by atoms with Gasteiger partial charge in [0.25, 0.3) is 0 Å². The van der Waals surface area contributed by atoms with Gasteiger partial charge in [-0.3, -0.25) is 0 Å². The van der Waals surface area contributed by atoms with E-state index in [0.717, 1.165) is 17.5 Å². The average Bonchev–Trinajstić information content (AvgIpc) is 2.03. The normalized spacial score (nSPS) is 9.92. The summed E-state index contributed by atoms with van der Waals surface area (Å²) in [5.41, 5.74) is 2.51. The maximum absolute atomic E-state index is 7.61. The van der Waals surface area contributed by atoms with Crippen molar-refractivity contribution < 1.29 is 0 Å². The van der Waals surface area contributed by atoms with Gasteiger partial charge >= 0.3 is 0 Å². The Kier molecular flexibility index (Phi) is 2.82. The van der Waals surface area contributed by atoms with Crippen LogP contribution >= 0.6 is 11.6 Å². The lowest BCUT2D eigenvalue weighted by molar-refractivity contribution is 1.20. The third-order valence-corrected chi connectivity index (χ3v) is 1.96. The first-order chi connectivity index (χ1) is 5.65. The summed E-state index contributed by atoms with van der Waals surface area (Å²) in [6.07, 6.45) is 2.38. The van der Waals surface area contributed by atoms with Gasteiger partial charge in [0.1, 0.15) is 5.15 Å². The average molecular weight is 183 g/mol. The van der Waals surface area contributed by atoms with Crippen LogP contribution in [0.4, 0.5) is 0 Å². The number of aryl methyl sites for hydroxylation is 1. The standard InChI is InChI=1S/C9H11ClN2/c1-3-8(11)7-5-12-9(10)4-6(7)2/h4-5,11H,3H2,1-2H3. The van der Waals surface area contributed by atoms with Crippen molar-refractivity contribution in [2.24, 2.45) is 0 Å². The minimum absolute atomic E-state index is 0.486. The Labute approximate surface area is 77.1 Å². The molecular formula is C9H11ClN2. The number of nitrogens with one attached hydrogen (secondary N) is 1. The predicted octanol–water partition coefficient (Wildman–Crippen LogP) is 2.82. The van der Waals surface area contributed by atoms with Gasteiger partial charge in [0.05, 0.1) is 0 Å². The molecule has 0 aliphatic heterocycles. The fraction of sp³-hybridized carbons (Fsp3) is 0.333. The zero-order valence-corrected chi connectivity index (χ0v) is 7.94. The van der Waals surface area contributed by atoms with Crippen LogP contribution in [0.25, 0.3) is 0 Å². The molecule has 0 aromatic carbocycles. The largest absolute Gasteiger partial charge is 0.305 e. The van der Waals surface area contributed by atoms with E-state index in [9.17, 15) is 0 Å². The molecule has 1 aromatic heterocycles. The molecule has 1 rings (SSSR count). The highest BCUT2D eigenvalue weighted by molar-refractivity contribution is 6.29. The van der Waals surface area contributed by atoms with Crippen molar-refractivity contribution in [1.29, 1.82) is 5.41 Å². The SMILES string of the molecule is CCC(=N)c1cnc(Cl)cc1C. The summed E-state index contributed by atoms with van der Waals surface area (Å²) in [7, 11) is 0. The fourth-order valence-corrected chi connectivity index (χ4v) is 1.24. The molecule has 1 N–H and O–H groups in total. The van der Waals surface area contributed by atoms with Crippen LogP contribution in [-0.4, -0.2) is 10.7 Å². The van der Waals surface area contributed by atoms with E-state index < -0.39 is 0 Å². The highest BCUT2D eigenvalue weighted by Gasteiger charge is 2.03. The van der Waals surface area contributed by atoms with Crippen molar-refractivity contribution in [3.8, 4) is 0 Å². The highest BCUT2D eigenvalue weighted by Crippen LogP contribution is 2.13. The van der Waals surface area contributed by atoms with E-state index in [1.807, 2.05) is 13.8 Å². The molecule has 0 aliphatic carbocycles. The minimum Gasteiger partial charge on any atom is -0.305 e. The molecule has 0 saturated carbocycles. The molecule has 0 amide bonds. The molecule has 0 atom stereocenters. The maximum Gasteiger partial charge on any atom is 0.129 e. The van der Waals surface area contributed by atoms with Crippen LogP contribution in [0.5, 0.6) is 0 Å². The zero-order chi connectivity index (χ0) is 9.14. The lowest BCUT2D eigenvalue weighted by atomic mass is 10.1. The summed E-state index contributed by atoms with van der Waals surface area (Å²) in [6, 6.07) is 1.78. The van der Waals surface area contributed by atoms with Crippen molar-refractivity contribution in [3.05, 3.63) is 28.5 Å². The second-order valence-corrected chi connectivity index (χ2v) is 3.04. The van der Waals surface area contributed by atoms with Crippen LogP contribution in [-0.2, 0) is 0 Å². The van der Waals surface area contributed by atoms with Crippen LogP contribution in [0, 0.1) is 12.3 Å². The van der Waals surface area contributed by atoms with Crippen LogP contribution in [0.15, 0.2) is 12.3 Å². The van der Waals surface area contributed by atoms with Gasteiger partial charge in [-0.05, 0) is 25.0 Å². The summed E-state index contributed by atoms with van der Waals surface area (Å²) in [5, 5.41) is 8.09. The Morgan fingerprint density at radius 1 is 1.67 bits per heavy atom. The summed E-state index contributed by atoms with van der Waals surface area (Å²) in [6.45, 7) is 3.89. The van der Waals surface area contributed by atoms with E-state index in [1.165, 1.54) is 0 Å². The van der Waals surface area contributed by atoms with Gasteiger partial charge in [0.2, 0.25) is 0 Å². The number of hydrogen-bond acceptors (Lipinski definition) is 2. The summed E-state index contributed by atoms with van der Waals surface area (Å²) in [5.74, 6) is 0. The van der Waals surface area contributed by atoms with Gasteiger partial charge in [-0.1, -0.05) is 18.5 Å². The molecule has 3 heteroatoms. The van der Waals surface area contributed by atoms with E-state index >= 15 is 0 Å². The topological polar surface area (TPSA) is 36.7 Å². The first-order valence-corrected chi connectivity index (χ1v) is 4.23.